The van der Waals surface area contributed by atoms with Crippen LogP contribution in [0.2, 0.25) is 0 Å². The van der Waals surface area contributed by atoms with Gasteiger partial charge in [0.1, 0.15) is 0 Å². The first-order chi connectivity index (χ1) is 11.8. The second-order valence-corrected chi connectivity index (χ2v) is 6.41. The first kappa shape index (κ1) is 18.8. The van der Waals surface area contributed by atoms with E-state index in [0.29, 0.717) is 5.56 Å². The zero-order valence-corrected chi connectivity index (χ0v) is 15.6. The largest absolute Gasteiger partial charge is 0.452 e. The predicted octanol–water partition coefficient (Wildman–Crippen LogP) is 3.47. The highest BCUT2D eigenvalue weighted by molar-refractivity contribution is 5.93. The van der Waals surface area contributed by atoms with Crippen LogP contribution in [0.3, 0.4) is 0 Å². The zero-order valence-electron chi connectivity index (χ0n) is 15.6. The number of amides is 1. The number of esters is 1. The Morgan fingerprint density at radius 3 is 2.40 bits per heavy atom. The van der Waals surface area contributed by atoms with Gasteiger partial charge in [-0.2, -0.15) is 0 Å². The fourth-order valence-corrected chi connectivity index (χ4v) is 2.69. The zero-order chi connectivity index (χ0) is 18.6. The molecule has 134 valence electrons. The van der Waals surface area contributed by atoms with E-state index < -0.39 is 5.97 Å². The second-order valence-electron chi connectivity index (χ2n) is 6.41. The molecule has 0 bridgehead atoms. The van der Waals surface area contributed by atoms with Crippen LogP contribution in [0.1, 0.15) is 47.6 Å². The van der Waals surface area contributed by atoms with Gasteiger partial charge in [0.15, 0.2) is 6.61 Å². The highest BCUT2D eigenvalue weighted by Crippen LogP contribution is 2.21. The van der Waals surface area contributed by atoms with E-state index in [9.17, 15) is 9.59 Å². The number of hydrogen-bond donors (Lipinski definition) is 1. The summed E-state index contributed by atoms with van der Waals surface area (Å²) in [6.07, 6.45) is 0.831. The van der Waals surface area contributed by atoms with Crippen molar-refractivity contribution in [2.75, 3.05) is 6.61 Å². The van der Waals surface area contributed by atoms with Gasteiger partial charge in [0, 0.05) is 23.1 Å². The summed E-state index contributed by atoms with van der Waals surface area (Å²) in [5.74, 6) is -0.763. The number of nitrogens with zero attached hydrogens (tertiary/aromatic N) is 1. The molecule has 1 heterocycles. The summed E-state index contributed by atoms with van der Waals surface area (Å²) >= 11 is 0. The molecule has 25 heavy (non-hydrogen) atoms. The summed E-state index contributed by atoms with van der Waals surface area (Å²) in [4.78, 5) is 24.1. The summed E-state index contributed by atoms with van der Waals surface area (Å²) in [6.45, 7) is 9.48. The van der Waals surface area contributed by atoms with Crippen molar-refractivity contribution in [2.24, 2.45) is 0 Å². The van der Waals surface area contributed by atoms with Crippen molar-refractivity contribution in [3.63, 3.8) is 0 Å². The number of rotatable bonds is 6. The van der Waals surface area contributed by atoms with Gasteiger partial charge in [-0.1, -0.05) is 24.6 Å². The Balaban J connectivity index is 2.12. The molecular weight excluding hydrogens is 316 g/mol. The van der Waals surface area contributed by atoms with E-state index in [-0.39, 0.29) is 18.6 Å². The number of carbonyl (C=O) groups excluding carboxylic acids is 2. The molecule has 5 heteroatoms. The highest BCUT2D eigenvalue weighted by atomic mass is 16.5. The maximum atomic E-state index is 12.4. The standard InChI is InChI=1S/C20H26N2O3/c1-6-14(3)21-19(23)12-25-20(24)18-11-15(4)22(16(18)5)17-9-7-13(2)8-10-17/h7-11,14H,6,12H2,1-5H3,(H,21,23)/t14-/m0/s1. The van der Waals surface area contributed by atoms with E-state index in [2.05, 4.69) is 5.32 Å². The van der Waals surface area contributed by atoms with Gasteiger partial charge in [0.05, 0.1) is 5.56 Å². The number of hydrogen-bond acceptors (Lipinski definition) is 3. The third kappa shape index (κ3) is 4.50. The molecule has 0 fully saturated rings. The summed E-state index contributed by atoms with van der Waals surface area (Å²) in [7, 11) is 0. The number of carbonyl (C=O) groups is 2. The SMILES string of the molecule is CC[C@H](C)NC(=O)COC(=O)c1cc(C)n(-c2ccc(C)cc2)c1C. The van der Waals surface area contributed by atoms with Gasteiger partial charge < -0.3 is 14.6 Å². The van der Waals surface area contributed by atoms with Gasteiger partial charge in [0.25, 0.3) is 5.91 Å². The maximum Gasteiger partial charge on any atom is 0.340 e. The molecule has 0 aliphatic heterocycles. The lowest BCUT2D eigenvalue weighted by Gasteiger charge is -2.12. The summed E-state index contributed by atoms with van der Waals surface area (Å²) in [5.41, 5.74) is 4.40. The summed E-state index contributed by atoms with van der Waals surface area (Å²) < 4.78 is 7.18. The average molecular weight is 342 g/mol. The lowest BCUT2D eigenvalue weighted by molar-refractivity contribution is -0.124. The van der Waals surface area contributed by atoms with E-state index in [1.165, 1.54) is 5.56 Å². The first-order valence-corrected chi connectivity index (χ1v) is 8.56. The molecule has 2 rings (SSSR count). The summed E-state index contributed by atoms with van der Waals surface area (Å²) in [5, 5.41) is 2.78. The van der Waals surface area contributed by atoms with Crippen molar-refractivity contribution < 1.29 is 14.3 Å². The number of nitrogens with one attached hydrogen (secondary N) is 1. The molecule has 1 N–H and O–H groups in total. The van der Waals surface area contributed by atoms with Gasteiger partial charge in [0.2, 0.25) is 0 Å². The molecule has 5 nitrogen and oxygen atoms in total. The van der Waals surface area contributed by atoms with E-state index in [1.807, 2.05) is 63.5 Å². The van der Waals surface area contributed by atoms with Crippen LogP contribution in [-0.4, -0.2) is 29.1 Å². The van der Waals surface area contributed by atoms with Crippen LogP contribution in [-0.2, 0) is 9.53 Å². The molecule has 1 aromatic carbocycles. The van der Waals surface area contributed by atoms with Crippen molar-refractivity contribution in [2.45, 2.75) is 47.1 Å². The molecule has 1 atom stereocenters. The van der Waals surface area contributed by atoms with Gasteiger partial charge in [-0.15, -0.1) is 0 Å². The summed E-state index contributed by atoms with van der Waals surface area (Å²) in [6, 6.07) is 9.97. The Labute approximate surface area is 149 Å². The van der Waals surface area contributed by atoms with Crippen molar-refractivity contribution in [1.29, 1.82) is 0 Å². The highest BCUT2D eigenvalue weighted by Gasteiger charge is 2.19. The topological polar surface area (TPSA) is 60.3 Å². The quantitative estimate of drug-likeness (QED) is 0.818. The van der Waals surface area contributed by atoms with Crippen LogP contribution >= 0.6 is 0 Å². The van der Waals surface area contributed by atoms with Gasteiger partial charge in [-0.05, 0) is 52.3 Å². The second kappa shape index (κ2) is 8.01. The van der Waals surface area contributed by atoms with Crippen LogP contribution in [0.15, 0.2) is 30.3 Å². The van der Waals surface area contributed by atoms with Crippen molar-refractivity contribution in [3.8, 4) is 5.69 Å². The number of aromatic nitrogens is 1. The number of ether oxygens (including phenoxy) is 1. The molecule has 0 aliphatic carbocycles. The minimum atomic E-state index is -0.481. The van der Waals surface area contributed by atoms with Crippen LogP contribution in [0.25, 0.3) is 5.69 Å². The molecule has 0 unspecified atom stereocenters. The Kier molecular flexibility index (Phi) is 6.02. The van der Waals surface area contributed by atoms with Crippen LogP contribution < -0.4 is 5.32 Å². The number of benzene rings is 1. The first-order valence-electron chi connectivity index (χ1n) is 8.56. The third-order valence-electron chi connectivity index (χ3n) is 4.30. The van der Waals surface area contributed by atoms with Crippen molar-refractivity contribution >= 4 is 11.9 Å². The Morgan fingerprint density at radius 2 is 1.80 bits per heavy atom. The van der Waals surface area contributed by atoms with Crippen LogP contribution in [0.4, 0.5) is 0 Å². The van der Waals surface area contributed by atoms with Crippen LogP contribution in [0.5, 0.6) is 0 Å². The van der Waals surface area contributed by atoms with Gasteiger partial charge in [-0.3, -0.25) is 4.79 Å². The Morgan fingerprint density at radius 1 is 1.16 bits per heavy atom. The van der Waals surface area contributed by atoms with E-state index >= 15 is 0 Å². The maximum absolute atomic E-state index is 12.4. The molecule has 0 spiro atoms. The van der Waals surface area contributed by atoms with E-state index in [4.69, 9.17) is 4.74 Å². The Hall–Kier alpha value is -2.56. The van der Waals surface area contributed by atoms with Gasteiger partial charge in [-0.25, -0.2) is 4.79 Å². The normalized spacial score (nSPS) is 11.9. The lowest BCUT2D eigenvalue weighted by atomic mass is 10.2. The fourth-order valence-electron chi connectivity index (χ4n) is 2.69. The molecule has 0 saturated heterocycles. The van der Waals surface area contributed by atoms with Crippen LogP contribution in [0, 0.1) is 20.8 Å². The smallest absolute Gasteiger partial charge is 0.340 e. The van der Waals surface area contributed by atoms with E-state index in [0.717, 1.165) is 23.5 Å². The predicted molar refractivity (Wildman–Crippen MR) is 98.2 cm³/mol. The molecule has 0 radical (unpaired) electrons. The third-order valence-corrected chi connectivity index (χ3v) is 4.30. The minimum Gasteiger partial charge on any atom is -0.452 e. The fraction of sp³-hybridized carbons (Fsp3) is 0.400. The Bertz CT molecular complexity index is 760. The van der Waals surface area contributed by atoms with Crippen molar-refractivity contribution in [3.05, 3.63) is 52.8 Å². The number of aryl methyl sites for hydroxylation is 2. The van der Waals surface area contributed by atoms with E-state index in [1.54, 1.807) is 6.07 Å². The molecule has 1 aromatic heterocycles. The van der Waals surface area contributed by atoms with Crippen molar-refractivity contribution in [1.82, 2.24) is 9.88 Å². The minimum absolute atomic E-state index is 0.0674. The average Bonchev–Trinajstić information content (AvgIpc) is 2.88. The lowest BCUT2D eigenvalue weighted by Crippen LogP contribution is -2.35. The molecule has 1 amide bonds. The molecule has 0 saturated carbocycles. The van der Waals surface area contributed by atoms with Gasteiger partial charge >= 0.3 is 5.97 Å². The molecular formula is C20H26N2O3. The monoisotopic (exact) mass is 342 g/mol. The molecule has 2 aromatic rings. The molecule has 0 aliphatic rings.